The van der Waals surface area contributed by atoms with Crippen LogP contribution in [0.5, 0.6) is 0 Å². The van der Waals surface area contributed by atoms with Crippen LogP contribution in [0.1, 0.15) is 24.1 Å². The molecule has 0 radical (unpaired) electrons. The molecule has 0 heterocycles. The second-order valence-corrected chi connectivity index (χ2v) is 4.65. The van der Waals surface area contributed by atoms with Crippen molar-refractivity contribution in [3.63, 3.8) is 0 Å². The number of aliphatic hydroxyl groups excluding tert-OH is 1. The number of hydrogen-bond donors (Lipinski definition) is 2. The van der Waals surface area contributed by atoms with Crippen LogP contribution in [0.2, 0.25) is 0 Å². The molecule has 0 amide bonds. The normalized spacial score (nSPS) is 12.5. The van der Waals surface area contributed by atoms with Gasteiger partial charge in [-0.05, 0) is 37.1 Å². The van der Waals surface area contributed by atoms with Gasteiger partial charge >= 0.3 is 0 Å². The topological polar surface area (TPSA) is 58.7 Å². The molecule has 0 aliphatic heterocycles. The lowest BCUT2D eigenvalue weighted by atomic mass is 10.0. The fourth-order valence-corrected chi connectivity index (χ4v) is 2.00. The number of anilines is 1. The minimum atomic E-state index is -0.270. The Morgan fingerprint density at radius 1 is 1.42 bits per heavy atom. The summed E-state index contributed by atoms with van der Waals surface area (Å²) in [5.41, 5.74) is 8.08. The maximum absolute atomic E-state index is 13.7. The third-order valence-electron chi connectivity index (χ3n) is 3.07. The fraction of sp³-hybridized carbons (Fsp3) is 0.571. The van der Waals surface area contributed by atoms with Gasteiger partial charge in [0.25, 0.3) is 0 Å². The Kier molecular flexibility index (Phi) is 6.21. The third-order valence-corrected chi connectivity index (χ3v) is 3.07. The summed E-state index contributed by atoms with van der Waals surface area (Å²) in [4.78, 5) is 1.97. The largest absolute Gasteiger partial charge is 0.395 e. The standard InChI is InChI=1S/C14H23FN2O2/c1-10-8-14(12(11(2)16)9-13(10)15)17(4-6-18)5-7-19-3/h8-9,11,18H,4-7,16H2,1-3H3. The number of halogens is 1. The first-order valence-corrected chi connectivity index (χ1v) is 6.41. The van der Waals surface area contributed by atoms with E-state index in [1.807, 2.05) is 11.8 Å². The molecule has 108 valence electrons. The van der Waals surface area contributed by atoms with Crippen molar-refractivity contribution in [2.45, 2.75) is 19.9 Å². The molecule has 0 aliphatic rings. The summed E-state index contributed by atoms with van der Waals surface area (Å²) in [6.07, 6.45) is 0. The van der Waals surface area contributed by atoms with Gasteiger partial charge in [0, 0.05) is 31.9 Å². The summed E-state index contributed by atoms with van der Waals surface area (Å²) >= 11 is 0. The average molecular weight is 270 g/mol. The maximum Gasteiger partial charge on any atom is 0.126 e. The molecule has 0 saturated carbocycles. The number of rotatable bonds is 7. The minimum Gasteiger partial charge on any atom is -0.395 e. The van der Waals surface area contributed by atoms with Crippen LogP contribution in [0, 0.1) is 12.7 Å². The van der Waals surface area contributed by atoms with Crippen molar-refractivity contribution in [3.8, 4) is 0 Å². The number of nitrogens with two attached hydrogens (primary N) is 1. The zero-order valence-corrected chi connectivity index (χ0v) is 11.8. The van der Waals surface area contributed by atoms with Gasteiger partial charge in [0.2, 0.25) is 0 Å². The summed E-state index contributed by atoms with van der Waals surface area (Å²) in [7, 11) is 1.62. The molecule has 1 atom stereocenters. The molecule has 1 unspecified atom stereocenters. The Hall–Kier alpha value is -1.17. The maximum atomic E-state index is 13.7. The first-order chi connectivity index (χ1) is 9.01. The lowest BCUT2D eigenvalue weighted by molar-refractivity contribution is 0.203. The summed E-state index contributed by atoms with van der Waals surface area (Å²) in [5, 5.41) is 9.16. The molecule has 0 fully saturated rings. The van der Waals surface area contributed by atoms with Crippen LogP contribution in [0.3, 0.4) is 0 Å². The van der Waals surface area contributed by atoms with Crippen LogP contribution in [0.4, 0.5) is 10.1 Å². The number of methoxy groups -OCH3 is 1. The zero-order valence-electron chi connectivity index (χ0n) is 11.8. The Morgan fingerprint density at radius 2 is 2.11 bits per heavy atom. The van der Waals surface area contributed by atoms with E-state index in [4.69, 9.17) is 15.6 Å². The van der Waals surface area contributed by atoms with Gasteiger partial charge in [-0.15, -0.1) is 0 Å². The first kappa shape index (κ1) is 15.9. The van der Waals surface area contributed by atoms with Gasteiger partial charge in [0.15, 0.2) is 0 Å². The summed E-state index contributed by atoms with van der Waals surface area (Å²) in [6.45, 7) is 5.20. The van der Waals surface area contributed by atoms with E-state index in [1.165, 1.54) is 6.07 Å². The molecule has 19 heavy (non-hydrogen) atoms. The quantitative estimate of drug-likeness (QED) is 0.790. The lowest BCUT2D eigenvalue weighted by Gasteiger charge is -2.28. The van der Waals surface area contributed by atoms with Crippen molar-refractivity contribution in [3.05, 3.63) is 29.1 Å². The van der Waals surface area contributed by atoms with Gasteiger partial charge in [-0.25, -0.2) is 4.39 Å². The summed E-state index contributed by atoms with van der Waals surface area (Å²) in [6, 6.07) is 2.99. The van der Waals surface area contributed by atoms with Crippen molar-refractivity contribution in [2.24, 2.45) is 5.73 Å². The zero-order chi connectivity index (χ0) is 14.4. The first-order valence-electron chi connectivity index (χ1n) is 6.41. The van der Waals surface area contributed by atoms with Gasteiger partial charge < -0.3 is 20.5 Å². The van der Waals surface area contributed by atoms with Crippen molar-refractivity contribution in [2.75, 3.05) is 38.3 Å². The molecule has 0 spiro atoms. The second-order valence-electron chi connectivity index (χ2n) is 4.65. The van der Waals surface area contributed by atoms with E-state index < -0.39 is 0 Å². The van der Waals surface area contributed by atoms with Gasteiger partial charge in [-0.2, -0.15) is 0 Å². The Morgan fingerprint density at radius 3 is 2.63 bits per heavy atom. The van der Waals surface area contributed by atoms with E-state index >= 15 is 0 Å². The third kappa shape index (κ3) is 4.16. The van der Waals surface area contributed by atoms with E-state index in [1.54, 1.807) is 20.1 Å². The van der Waals surface area contributed by atoms with Crippen LogP contribution in [-0.4, -0.2) is 38.5 Å². The Balaban J connectivity index is 3.15. The molecule has 1 aromatic carbocycles. The van der Waals surface area contributed by atoms with E-state index in [0.29, 0.717) is 25.3 Å². The molecule has 3 N–H and O–H groups in total. The van der Waals surface area contributed by atoms with Crippen LogP contribution >= 0.6 is 0 Å². The van der Waals surface area contributed by atoms with Crippen LogP contribution in [0.15, 0.2) is 12.1 Å². The van der Waals surface area contributed by atoms with Gasteiger partial charge in [0.05, 0.1) is 13.2 Å². The molecule has 0 aliphatic carbocycles. The van der Waals surface area contributed by atoms with Crippen molar-refractivity contribution < 1.29 is 14.2 Å². The molecular formula is C14H23FN2O2. The predicted octanol–water partition coefficient (Wildman–Crippen LogP) is 1.60. The van der Waals surface area contributed by atoms with Crippen LogP contribution in [-0.2, 0) is 4.74 Å². The summed E-state index contributed by atoms with van der Waals surface area (Å²) in [5.74, 6) is -0.258. The number of benzene rings is 1. The van der Waals surface area contributed by atoms with Gasteiger partial charge in [0.1, 0.15) is 5.82 Å². The molecule has 0 aromatic heterocycles. The highest BCUT2D eigenvalue weighted by Gasteiger charge is 2.16. The van der Waals surface area contributed by atoms with E-state index in [9.17, 15) is 4.39 Å². The molecular weight excluding hydrogens is 247 g/mol. The van der Waals surface area contributed by atoms with Crippen molar-refractivity contribution in [1.82, 2.24) is 0 Å². The Labute approximate surface area is 114 Å². The SMILES string of the molecule is COCCN(CCO)c1cc(C)c(F)cc1C(C)N. The highest BCUT2D eigenvalue weighted by atomic mass is 19.1. The number of hydrogen-bond acceptors (Lipinski definition) is 4. The molecule has 1 rings (SSSR count). The van der Waals surface area contributed by atoms with E-state index in [-0.39, 0.29) is 18.5 Å². The van der Waals surface area contributed by atoms with Gasteiger partial charge in [-0.1, -0.05) is 0 Å². The van der Waals surface area contributed by atoms with E-state index in [0.717, 1.165) is 11.3 Å². The highest BCUT2D eigenvalue weighted by molar-refractivity contribution is 5.57. The highest BCUT2D eigenvalue weighted by Crippen LogP contribution is 2.28. The van der Waals surface area contributed by atoms with Crippen LogP contribution in [0.25, 0.3) is 0 Å². The number of aryl methyl sites for hydroxylation is 1. The minimum absolute atomic E-state index is 0.0263. The number of aliphatic hydroxyl groups is 1. The molecule has 1 aromatic rings. The van der Waals surface area contributed by atoms with Crippen LogP contribution < -0.4 is 10.6 Å². The molecule has 5 heteroatoms. The van der Waals surface area contributed by atoms with Gasteiger partial charge in [-0.3, -0.25) is 0 Å². The Bertz CT molecular complexity index is 411. The predicted molar refractivity (Wildman–Crippen MR) is 74.9 cm³/mol. The average Bonchev–Trinajstić information content (AvgIpc) is 2.37. The number of nitrogens with zero attached hydrogens (tertiary/aromatic N) is 1. The second kappa shape index (κ2) is 7.43. The van der Waals surface area contributed by atoms with Crippen molar-refractivity contribution >= 4 is 5.69 Å². The smallest absolute Gasteiger partial charge is 0.126 e. The molecule has 4 nitrogen and oxygen atoms in total. The monoisotopic (exact) mass is 270 g/mol. The molecule has 0 saturated heterocycles. The summed E-state index contributed by atoms with van der Waals surface area (Å²) < 4.78 is 18.7. The number of ether oxygens (including phenoxy) is 1. The molecule has 0 bridgehead atoms. The van der Waals surface area contributed by atoms with E-state index in [2.05, 4.69) is 0 Å². The lowest BCUT2D eigenvalue weighted by Crippen LogP contribution is -2.32. The van der Waals surface area contributed by atoms with Crippen molar-refractivity contribution in [1.29, 1.82) is 0 Å². The fourth-order valence-electron chi connectivity index (χ4n) is 2.00.